The summed E-state index contributed by atoms with van der Waals surface area (Å²) in [6.45, 7) is 16.5. The molecule has 0 saturated heterocycles. The maximum absolute atomic E-state index is 6.06. The summed E-state index contributed by atoms with van der Waals surface area (Å²) in [4.78, 5) is 0. The molecule has 0 amide bonds. The van der Waals surface area contributed by atoms with Gasteiger partial charge >= 0.3 is 106 Å². The molecule has 0 spiro atoms. The van der Waals surface area contributed by atoms with Crippen molar-refractivity contribution in [3.8, 4) is 0 Å². The Morgan fingerprint density at radius 1 is 0.562 bits per heavy atom. The summed E-state index contributed by atoms with van der Waals surface area (Å²) >= 11 is -3.13. The van der Waals surface area contributed by atoms with Crippen molar-refractivity contribution in [1.82, 2.24) is 0 Å². The molecule has 0 aromatic carbocycles. The molecule has 0 bridgehead atoms. The van der Waals surface area contributed by atoms with Crippen LogP contribution in [-0.4, -0.2) is 18.3 Å². The van der Waals surface area contributed by atoms with Crippen LogP contribution >= 0.6 is 0 Å². The van der Waals surface area contributed by atoms with E-state index in [1.54, 1.807) is 0 Å². The van der Waals surface area contributed by atoms with Gasteiger partial charge in [0.05, 0.1) is 0 Å². The zero-order valence-corrected chi connectivity index (χ0v) is 13.6. The van der Waals surface area contributed by atoms with Crippen LogP contribution in [0.5, 0.6) is 0 Å². The van der Waals surface area contributed by atoms with Crippen molar-refractivity contribution in [3.05, 3.63) is 0 Å². The molecule has 0 heterocycles. The molecule has 98 valence electrons. The summed E-state index contributed by atoms with van der Waals surface area (Å²) in [7, 11) is 0. The molecular weight excluding hydrogens is 240 g/mol. The summed E-state index contributed by atoms with van der Waals surface area (Å²) in [5.74, 6) is 0. The van der Waals surface area contributed by atoms with E-state index in [2.05, 4.69) is 13.8 Å². The van der Waals surface area contributed by atoms with E-state index < -0.39 is 17.8 Å². The van der Waals surface area contributed by atoms with E-state index >= 15 is 0 Å². The second-order valence-corrected chi connectivity index (χ2v) is 10.1. The average molecular weight is 268 g/mol. The van der Waals surface area contributed by atoms with Crippen molar-refractivity contribution < 1.29 is 27.7 Å². The molecule has 0 radical (unpaired) electrons. The minimum atomic E-state index is -3.13. The molecule has 0 aliphatic heterocycles. The Morgan fingerprint density at radius 2 is 0.812 bits per heavy atom. The summed E-state index contributed by atoms with van der Waals surface area (Å²) < 4.78 is 18.5. The maximum atomic E-state index is 6.06. The van der Waals surface area contributed by atoms with Gasteiger partial charge in [-0.15, -0.1) is 0 Å². The molecule has 0 rings (SSSR count). The van der Waals surface area contributed by atoms with Crippen molar-refractivity contribution in [1.29, 1.82) is 0 Å². The van der Waals surface area contributed by atoms with Crippen molar-refractivity contribution in [2.45, 2.75) is 77.9 Å². The zero-order chi connectivity index (χ0) is 12.9. The molecule has 0 N–H and O–H groups in total. The molecule has 16 heavy (non-hydrogen) atoms. The summed E-state index contributed by atoms with van der Waals surface area (Å²) in [5, 5.41) is 0. The van der Waals surface area contributed by atoms with Crippen molar-refractivity contribution in [3.63, 3.8) is 0 Å². The molecule has 0 fully saturated rings. The van der Waals surface area contributed by atoms with Crippen LogP contribution in [0.3, 0.4) is 0 Å². The van der Waals surface area contributed by atoms with Crippen LogP contribution in [0.1, 0.15) is 55.4 Å². The van der Waals surface area contributed by atoms with Gasteiger partial charge in [0.15, 0.2) is 0 Å². The summed E-state index contributed by atoms with van der Waals surface area (Å²) in [6, 6.07) is 0. The van der Waals surface area contributed by atoms with Crippen LogP contribution in [-0.2, 0) is 27.7 Å². The Morgan fingerprint density at radius 3 is 0.938 bits per heavy atom. The van der Waals surface area contributed by atoms with Crippen molar-refractivity contribution in [2.24, 2.45) is 0 Å². The first-order chi connectivity index (χ1) is 7.19. The zero-order valence-electron chi connectivity index (χ0n) is 12.0. The third-order valence-electron chi connectivity index (χ3n) is 1.91. The van der Waals surface area contributed by atoms with Crippen LogP contribution in [0.15, 0.2) is 0 Å². The van der Waals surface area contributed by atoms with Crippen LogP contribution in [0, 0.1) is 0 Å². The molecule has 0 aliphatic carbocycles. The summed E-state index contributed by atoms with van der Waals surface area (Å²) in [5.41, 5.74) is 0. The average Bonchev–Trinajstić information content (AvgIpc) is 1.98. The Kier molecular flexibility index (Phi) is 7.39. The van der Waals surface area contributed by atoms with Crippen LogP contribution in [0.25, 0.3) is 0 Å². The molecule has 4 heteroatoms. The fourth-order valence-corrected chi connectivity index (χ4v) is 6.09. The molecule has 0 atom stereocenters. The van der Waals surface area contributed by atoms with Gasteiger partial charge in [-0.05, 0) is 0 Å². The first-order valence-electron chi connectivity index (χ1n) is 6.23. The van der Waals surface area contributed by atoms with E-state index in [9.17, 15) is 0 Å². The molecule has 0 saturated carbocycles. The number of hydrogen-bond donors (Lipinski definition) is 0. The second kappa shape index (κ2) is 7.12. The summed E-state index contributed by atoms with van der Waals surface area (Å²) in [6.07, 6.45) is 0.458. The van der Waals surface area contributed by atoms with E-state index in [4.69, 9.17) is 9.96 Å². The van der Waals surface area contributed by atoms with Gasteiger partial charge in [0, 0.05) is 0 Å². The van der Waals surface area contributed by atoms with E-state index in [0.29, 0.717) is 4.22 Å². The standard InChI is InChI=1S/3C3H7O.C3H7.Ti/c3*1-3(2)4;1-3-2;/h3*3H,1-2H3;3H,1-2H3;/q3*-1;;+3. The third kappa shape index (κ3) is 5.78. The van der Waals surface area contributed by atoms with Gasteiger partial charge < -0.3 is 0 Å². The van der Waals surface area contributed by atoms with Gasteiger partial charge in [0.25, 0.3) is 0 Å². The molecule has 3 nitrogen and oxygen atoms in total. The first-order valence-corrected chi connectivity index (χ1v) is 9.04. The van der Waals surface area contributed by atoms with Gasteiger partial charge in [-0.1, -0.05) is 0 Å². The molecular formula is C12H28O3Ti. The minimum absolute atomic E-state index is 0.153. The Balaban J connectivity index is 4.88. The molecule has 0 unspecified atom stereocenters. The fourth-order valence-electron chi connectivity index (χ4n) is 1.48. The first kappa shape index (κ1) is 16.6. The monoisotopic (exact) mass is 268 g/mol. The van der Waals surface area contributed by atoms with Crippen LogP contribution in [0.2, 0.25) is 4.22 Å². The molecule has 0 aromatic heterocycles. The predicted molar refractivity (Wildman–Crippen MR) is 63.8 cm³/mol. The van der Waals surface area contributed by atoms with Crippen molar-refractivity contribution in [2.75, 3.05) is 0 Å². The quantitative estimate of drug-likeness (QED) is 0.653. The normalized spacial score (nSPS) is 13.5. The topological polar surface area (TPSA) is 27.7 Å². The van der Waals surface area contributed by atoms with Gasteiger partial charge in [-0.3, -0.25) is 0 Å². The third-order valence-corrected chi connectivity index (χ3v) is 7.86. The predicted octanol–water partition coefficient (Wildman–Crippen LogP) is 3.99. The molecule has 0 aromatic rings. The number of rotatable bonds is 7. The Bertz CT molecular complexity index is 164. The van der Waals surface area contributed by atoms with E-state index in [1.807, 2.05) is 41.5 Å². The van der Waals surface area contributed by atoms with E-state index in [0.717, 1.165) is 0 Å². The van der Waals surface area contributed by atoms with Crippen molar-refractivity contribution >= 4 is 0 Å². The van der Waals surface area contributed by atoms with E-state index in [-0.39, 0.29) is 18.3 Å². The van der Waals surface area contributed by atoms with E-state index in [1.165, 1.54) is 0 Å². The second-order valence-electron chi connectivity index (χ2n) is 5.26. The SMILES string of the molecule is CC(C)[O][Ti]([O]C(C)C)([O]C(C)C)[CH](C)C. The van der Waals surface area contributed by atoms with Crippen LogP contribution < -0.4 is 0 Å². The van der Waals surface area contributed by atoms with Gasteiger partial charge in [-0.25, -0.2) is 0 Å². The Labute approximate surface area is 106 Å². The molecule has 0 aliphatic rings. The number of hydrogen-bond acceptors (Lipinski definition) is 3. The van der Waals surface area contributed by atoms with Crippen LogP contribution in [0.4, 0.5) is 0 Å². The van der Waals surface area contributed by atoms with Gasteiger partial charge in [0.2, 0.25) is 0 Å². The van der Waals surface area contributed by atoms with Gasteiger partial charge in [-0.2, -0.15) is 0 Å². The Hall–Kier alpha value is 0.594. The van der Waals surface area contributed by atoms with Gasteiger partial charge in [0.1, 0.15) is 0 Å². The fraction of sp³-hybridized carbons (Fsp3) is 1.00.